The van der Waals surface area contributed by atoms with E-state index in [1.807, 2.05) is 0 Å². The summed E-state index contributed by atoms with van der Waals surface area (Å²) in [6.07, 6.45) is 21.4. The molecule has 0 aromatic heterocycles. The molecule has 2 aliphatic rings. The smallest absolute Gasteiger partial charge is 0.0720 e. The van der Waals surface area contributed by atoms with Gasteiger partial charge in [-0.05, 0) is 71.8 Å². The van der Waals surface area contributed by atoms with Crippen molar-refractivity contribution in [1.29, 1.82) is 0 Å². The molecule has 0 amide bonds. The van der Waals surface area contributed by atoms with Gasteiger partial charge in [-0.2, -0.15) is 0 Å². The van der Waals surface area contributed by atoms with E-state index in [1.54, 1.807) is 0 Å². The van der Waals surface area contributed by atoms with Gasteiger partial charge in [-0.25, -0.2) is 0 Å². The van der Waals surface area contributed by atoms with Crippen LogP contribution in [0.3, 0.4) is 0 Å². The van der Waals surface area contributed by atoms with E-state index in [4.69, 9.17) is 4.74 Å². The highest BCUT2D eigenvalue weighted by molar-refractivity contribution is 5.63. The topological polar surface area (TPSA) is 9.23 Å². The van der Waals surface area contributed by atoms with E-state index in [0.717, 1.165) is 44.1 Å². The molecule has 0 bridgehead atoms. The molecular formula is C35H50O. The second-order valence-electron chi connectivity index (χ2n) is 11.8. The molecule has 1 heteroatoms. The highest BCUT2D eigenvalue weighted by Gasteiger charge is 2.15. The van der Waals surface area contributed by atoms with Gasteiger partial charge in [0.1, 0.15) is 0 Å². The lowest BCUT2D eigenvalue weighted by atomic mass is 9.84. The zero-order chi connectivity index (χ0) is 25.0. The fraction of sp³-hybridized carbons (Fsp3) is 0.600. The number of allylic oxidation sites excluding steroid dienone is 1. The Morgan fingerprint density at radius 3 is 1.75 bits per heavy atom. The highest BCUT2D eigenvalue weighted by atomic mass is 16.5. The van der Waals surface area contributed by atoms with Gasteiger partial charge in [-0.1, -0.05) is 133 Å². The first-order valence-corrected chi connectivity index (χ1v) is 15.2. The van der Waals surface area contributed by atoms with Gasteiger partial charge in [0.15, 0.2) is 0 Å². The molecule has 2 aliphatic carbocycles. The van der Waals surface area contributed by atoms with Crippen molar-refractivity contribution in [2.24, 2.45) is 11.8 Å². The van der Waals surface area contributed by atoms with E-state index in [-0.39, 0.29) is 0 Å². The first-order valence-electron chi connectivity index (χ1n) is 15.2. The van der Waals surface area contributed by atoms with Crippen LogP contribution < -0.4 is 0 Å². The SMILES string of the molecule is C=C(CCC(CCC)OCc1ccc(CC2CCCCC2)cc1)c1ccc(CC2CCCCC2)cc1. The molecule has 0 aliphatic heterocycles. The predicted octanol–water partition coefficient (Wildman–Crippen LogP) is 10.1. The summed E-state index contributed by atoms with van der Waals surface area (Å²) in [5, 5.41) is 0. The maximum Gasteiger partial charge on any atom is 0.0720 e. The molecule has 0 radical (unpaired) electrons. The van der Waals surface area contributed by atoms with Gasteiger partial charge >= 0.3 is 0 Å². The molecule has 0 spiro atoms. The monoisotopic (exact) mass is 486 g/mol. The molecule has 0 saturated heterocycles. The Labute approximate surface area is 221 Å². The number of benzene rings is 2. The minimum Gasteiger partial charge on any atom is -0.374 e. The molecule has 2 fully saturated rings. The first kappa shape index (κ1) is 27.2. The molecule has 2 saturated carbocycles. The first-order chi connectivity index (χ1) is 17.7. The van der Waals surface area contributed by atoms with E-state index in [9.17, 15) is 0 Å². The van der Waals surface area contributed by atoms with Crippen LogP contribution >= 0.6 is 0 Å². The van der Waals surface area contributed by atoms with Crippen LogP contribution in [-0.4, -0.2) is 6.10 Å². The third kappa shape index (κ3) is 8.91. The lowest BCUT2D eigenvalue weighted by molar-refractivity contribution is 0.0300. The van der Waals surface area contributed by atoms with Gasteiger partial charge in [0.25, 0.3) is 0 Å². The summed E-state index contributed by atoms with van der Waals surface area (Å²) in [7, 11) is 0. The second-order valence-corrected chi connectivity index (χ2v) is 11.8. The van der Waals surface area contributed by atoms with Crippen LogP contribution in [0.1, 0.15) is 119 Å². The van der Waals surface area contributed by atoms with Crippen molar-refractivity contribution in [3.63, 3.8) is 0 Å². The standard InChI is InChI=1S/C35H50O/c1-3-10-35(36-27-33-18-16-31(17-19-33)25-29-11-6-4-7-12-29)24-15-28(2)34-22-20-32(21-23-34)26-30-13-8-5-9-14-30/h16-23,29-30,35H,2-15,24-27H2,1H3. The Balaban J connectivity index is 1.20. The van der Waals surface area contributed by atoms with Crippen molar-refractivity contribution in [1.82, 2.24) is 0 Å². The summed E-state index contributed by atoms with van der Waals surface area (Å²) in [6.45, 7) is 7.40. The van der Waals surface area contributed by atoms with Crippen molar-refractivity contribution in [2.45, 2.75) is 122 Å². The maximum absolute atomic E-state index is 6.41. The molecule has 196 valence electrons. The Bertz CT molecular complexity index is 881. The number of hydrogen-bond donors (Lipinski definition) is 0. The fourth-order valence-corrected chi connectivity index (χ4v) is 6.42. The molecule has 36 heavy (non-hydrogen) atoms. The number of ether oxygens (including phenoxy) is 1. The largest absolute Gasteiger partial charge is 0.374 e. The summed E-state index contributed by atoms with van der Waals surface area (Å²) >= 11 is 0. The van der Waals surface area contributed by atoms with Crippen molar-refractivity contribution < 1.29 is 4.74 Å². The molecular weight excluding hydrogens is 436 g/mol. The fourth-order valence-electron chi connectivity index (χ4n) is 6.42. The third-order valence-electron chi connectivity index (χ3n) is 8.75. The van der Waals surface area contributed by atoms with E-state index in [2.05, 4.69) is 62.0 Å². The molecule has 0 heterocycles. The van der Waals surface area contributed by atoms with Crippen molar-refractivity contribution in [3.05, 3.63) is 77.4 Å². The average Bonchev–Trinajstić information content (AvgIpc) is 2.92. The average molecular weight is 487 g/mol. The normalized spacial score (nSPS) is 18.2. The highest BCUT2D eigenvalue weighted by Crippen LogP contribution is 2.29. The van der Waals surface area contributed by atoms with Crippen LogP contribution in [0.4, 0.5) is 0 Å². The Hall–Kier alpha value is -1.86. The molecule has 0 N–H and O–H groups in total. The van der Waals surface area contributed by atoms with Crippen molar-refractivity contribution >= 4 is 5.57 Å². The second kappa shape index (κ2) is 14.8. The Kier molecular flexibility index (Phi) is 11.2. The molecule has 2 aromatic rings. The summed E-state index contributed by atoms with van der Waals surface area (Å²) in [5.41, 5.74) is 6.84. The Morgan fingerprint density at radius 2 is 1.22 bits per heavy atom. The van der Waals surface area contributed by atoms with E-state index in [1.165, 1.54) is 105 Å². The van der Waals surface area contributed by atoms with Crippen LogP contribution in [0.2, 0.25) is 0 Å². The number of rotatable bonds is 13. The molecule has 4 rings (SSSR count). The zero-order valence-electron chi connectivity index (χ0n) is 23.0. The molecule has 2 aromatic carbocycles. The van der Waals surface area contributed by atoms with Crippen LogP contribution in [0.25, 0.3) is 5.57 Å². The van der Waals surface area contributed by atoms with E-state index < -0.39 is 0 Å². The van der Waals surface area contributed by atoms with Gasteiger partial charge < -0.3 is 4.74 Å². The van der Waals surface area contributed by atoms with Gasteiger partial charge in [-0.3, -0.25) is 0 Å². The van der Waals surface area contributed by atoms with Crippen molar-refractivity contribution in [3.8, 4) is 0 Å². The minimum atomic E-state index is 0.305. The van der Waals surface area contributed by atoms with Gasteiger partial charge in [-0.15, -0.1) is 0 Å². The third-order valence-corrected chi connectivity index (χ3v) is 8.75. The van der Waals surface area contributed by atoms with Gasteiger partial charge in [0, 0.05) is 0 Å². The summed E-state index contributed by atoms with van der Waals surface area (Å²) < 4.78 is 6.41. The summed E-state index contributed by atoms with van der Waals surface area (Å²) in [5.74, 6) is 1.80. The minimum absolute atomic E-state index is 0.305. The van der Waals surface area contributed by atoms with E-state index >= 15 is 0 Å². The summed E-state index contributed by atoms with van der Waals surface area (Å²) in [6, 6.07) is 18.5. The lowest BCUT2D eigenvalue weighted by Gasteiger charge is -2.22. The van der Waals surface area contributed by atoms with Gasteiger partial charge in [0.05, 0.1) is 12.7 Å². The van der Waals surface area contributed by atoms with Gasteiger partial charge in [0.2, 0.25) is 0 Å². The molecule has 1 unspecified atom stereocenters. The Morgan fingerprint density at radius 1 is 0.722 bits per heavy atom. The van der Waals surface area contributed by atoms with E-state index in [0.29, 0.717) is 6.10 Å². The molecule has 1 atom stereocenters. The number of hydrogen-bond acceptors (Lipinski definition) is 1. The summed E-state index contributed by atoms with van der Waals surface area (Å²) in [4.78, 5) is 0. The molecule has 1 nitrogen and oxygen atoms in total. The maximum atomic E-state index is 6.41. The predicted molar refractivity (Wildman–Crippen MR) is 155 cm³/mol. The van der Waals surface area contributed by atoms with Crippen molar-refractivity contribution in [2.75, 3.05) is 0 Å². The van der Waals surface area contributed by atoms with Crippen LogP contribution in [0, 0.1) is 11.8 Å². The quantitative estimate of drug-likeness (QED) is 0.274. The van der Waals surface area contributed by atoms with Crippen LogP contribution in [0.15, 0.2) is 55.1 Å². The van der Waals surface area contributed by atoms with Crippen LogP contribution in [-0.2, 0) is 24.2 Å². The zero-order valence-corrected chi connectivity index (χ0v) is 23.0. The van der Waals surface area contributed by atoms with Crippen LogP contribution in [0.5, 0.6) is 0 Å². The lowest BCUT2D eigenvalue weighted by Crippen LogP contribution is -2.13.